The van der Waals surface area contributed by atoms with E-state index in [1.165, 1.54) is 11.3 Å². The zero-order valence-electron chi connectivity index (χ0n) is 14.6. The highest BCUT2D eigenvalue weighted by atomic mass is 16.5. The number of ether oxygens (including phenoxy) is 1. The van der Waals surface area contributed by atoms with Crippen LogP contribution < -0.4 is 9.64 Å². The molecule has 1 fully saturated rings. The highest BCUT2D eigenvalue weighted by Gasteiger charge is 2.22. The first-order chi connectivity index (χ1) is 10.9. The summed E-state index contributed by atoms with van der Waals surface area (Å²) in [6.45, 7) is 10.6. The van der Waals surface area contributed by atoms with Crippen molar-refractivity contribution in [1.82, 2.24) is 9.78 Å². The average molecular weight is 313 g/mol. The maximum atomic E-state index is 5.96. The number of hydrogen-bond donors (Lipinski definition) is 0. The Balaban J connectivity index is 1.66. The maximum Gasteiger partial charge on any atom is 0.120 e. The fourth-order valence-corrected chi connectivity index (χ4v) is 3.27. The molecule has 1 aromatic heterocycles. The number of piperidine rings is 1. The van der Waals surface area contributed by atoms with Gasteiger partial charge in [0.25, 0.3) is 0 Å². The Morgan fingerprint density at radius 3 is 2.48 bits per heavy atom. The van der Waals surface area contributed by atoms with Crippen molar-refractivity contribution in [2.75, 3.05) is 18.0 Å². The number of benzene rings is 1. The van der Waals surface area contributed by atoms with E-state index in [1.54, 1.807) is 0 Å². The second-order valence-corrected chi connectivity index (χ2v) is 7.37. The van der Waals surface area contributed by atoms with E-state index in [2.05, 4.69) is 66.8 Å². The fraction of sp³-hybridized carbons (Fsp3) is 0.526. The third-order valence-electron chi connectivity index (χ3n) is 4.30. The van der Waals surface area contributed by atoms with Crippen molar-refractivity contribution in [3.63, 3.8) is 0 Å². The van der Waals surface area contributed by atoms with Crippen LogP contribution in [0.2, 0.25) is 0 Å². The zero-order chi connectivity index (χ0) is 16.4. The van der Waals surface area contributed by atoms with Crippen molar-refractivity contribution in [3.8, 4) is 5.75 Å². The van der Waals surface area contributed by atoms with Gasteiger partial charge in [-0.2, -0.15) is 5.10 Å². The molecule has 0 atom stereocenters. The molecule has 2 heterocycles. The van der Waals surface area contributed by atoms with Gasteiger partial charge in [0.15, 0.2) is 0 Å². The smallest absolute Gasteiger partial charge is 0.120 e. The first-order valence-corrected chi connectivity index (χ1v) is 8.46. The first-order valence-electron chi connectivity index (χ1n) is 8.46. The molecule has 0 radical (unpaired) electrons. The SMILES string of the molecule is Cc1cc(OC(C)(C)C)ccc1N1CCC(n2cccn2)CC1. The summed E-state index contributed by atoms with van der Waals surface area (Å²) in [6.07, 6.45) is 6.22. The van der Waals surface area contributed by atoms with Gasteiger partial charge in [-0.05, 0) is 70.4 Å². The van der Waals surface area contributed by atoms with Crippen molar-refractivity contribution in [2.24, 2.45) is 0 Å². The number of anilines is 1. The summed E-state index contributed by atoms with van der Waals surface area (Å²) in [5.74, 6) is 0.949. The zero-order valence-corrected chi connectivity index (χ0v) is 14.6. The number of hydrogen-bond acceptors (Lipinski definition) is 3. The van der Waals surface area contributed by atoms with Gasteiger partial charge in [-0.3, -0.25) is 4.68 Å². The molecule has 0 unspecified atom stereocenters. The number of nitrogens with zero attached hydrogens (tertiary/aromatic N) is 3. The van der Waals surface area contributed by atoms with E-state index in [9.17, 15) is 0 Å². The van der Waals surface area contributed by atoms with Crippen LogP contribution in [0.4, 0.5) is 5.69 Å². The number of aryl methyl sites for hydroxylation is 1. The lowest BCUT2D eigenvalue weighted by Crippen LogP contribution is -2.35. The molecule has 4 nitrogen and oxygen atoms in total. The summed E-state index contributed by atoms with van der Waals surface area (Å²) in [6, 6.07) is 8.98. The van der Waals surface area contributed by atoms with E-state index in [-0.39, 0.29) is 5.60 Å². The van der Waals surface area contributed by atoms with Crippen molar-refractivity contribution >= 4 is 5.69 Å². The van der Waals surface area contributed by atoms with Gasteiger partial charge in [0.05, 0.1) is 6.04 Å². The molecular weight excluding hydrogens is 286 g/mol. The van der Waals surface area contributed by atoms with Crippen LogP contribution in [0.3, 0.4) is 0 Å². The molecule has 1 saturated heterocycles. The Morgan fingerprint density at radius 2 is 1.91 bits per heavy atom. The van der Waals surface area contributed by atoms with Gasteiger partial charge in [0.2, 0.25) is 0 Å². The van der Waals surface area contributed by atoms with Crippen molar-refractivity contribution in [3.05, 3.63) is 42.2 Å². The molecule has 0 aliphatic carbocycles. The number of aromatic nitrogens is 2. The van der Waals surface area contributed by atoms with Crippen LogP contribution in [0.5, 0.6) is 5.75 Å². The molecule has 0 saturated carbocycles. The molecule has 1 aliphatic rings. The molecule has 2 aromatic rings. The Morgan fingerprint density at radius 1 is 1.17 bits per heavy atom. The molecule has 1 aliphatic heterocycles. The van der Waals surface area contributed by atoms with Gasteiger partial charge in [0.1, 0.15) is 11.4 Å². The molecule has 0 bridgehead atoms. The molecule has 3 rings (SSSR count). The lowest BCUT2D eigenvalue weighted by Gasteiger charge is -2.34. The molecule has 0 spiro atoms. The molecular formula is C19H27N3O. The molecule has 1 aromatic carbocycles. The van der Waals surface area contributed by atoms with E-state index >= 15 is 0 Å². The van der Waals surface area contributed by atoms with Gasteiger partial charge in [-0.25, -0.2) is 0 Å². The van der Waals surface area contributed by atoms with Crippen LogP contribution in [-0.4, -0.2) is 28.5 Å². The van der Waals surface area contributed by atoms with E-state index in [4.69, 9.17) is 4.74 Å². The predicted molar refractivity (Wildman–Crippen MR) is 94.3 cm³/mol. The summed E-state index contributed by atoms with van der Waals surface area (Å²) in [5.41, 5.74) is 2.45. The number of rotatable bonds is 3. The van der Waals surface area contributed by atoms with Crippen LogP contribution in [0.1, 0.15) is 45.2 Å². The highest BCUT2D eigenvalue weighted by molar-refractivity contribution is 5.56. The molecule has 124 valence electrons. The molecule has 0 amide bonds. The van der Waals surface area contributed by atoms with E-state index in [1.807, 2.05) is 12.3 Å². The lowest BCUT2D eigenvalue weighted by molar-refractivity contribution is 0.131. The Kier molecular flexibility index (Phi) is 4.33. The van der Waals surface area contributed by atoms with E-state index in [0.717, 1.165) is 31.7 Å². The second kappa shape index (κ2) is 6.26. The monoisotopic (exact) mass is 313 g/mol. The third kappa shape index (κ3) is 3.87. The minimum Gasteiger partial charge on any atom is -0.488 e. The average Bonchev–Trinajstić information content (AvgIpc) is 3.00. The van der Waals surface area contributed by atoms with Gasteiger partial charge < -0.3 is 9.64 Å². The summed E-state index contributed by atoms with van der Waals surface area (Å²) >= 11 is 0. The molecule has 23 heavy (non-hydrogen) atoms. The largest absolute Gasteiger partial charge is 0.488 e. The highest BCUT2D eigenvalue weighted by Crippen LogP contribution is 2.31. The van der Waals surface area contributed by atoms with Crippen molar-refractivity contribution in [2.45, 2.75) is 52.2 Å². The lowest BCUT2D eigenvalue weighted by atomic mass is 10.0. The summed E-state index contributed by atoms with van der Waals surface area (Å²) in [7, 11) is 0. The Labute approximate surface area is 139 Å². The molecule has 0 N–H and O–H groups in total. The van der Waals surface area contributed by atoms with Crippen LogP contribution in [-0.2, 0) is 0 Å². The van der Waals surface area contributed by atoms with Crippen LogP contribution in [0, 0.1) is 6.92 Å². The van der Waals surface area contributed by atoms with Gasteiger partial charge in [0, 0.05) is 31.2 Å². The standard InChI is InChI=1S/C19H27N3O/c1-15-14-17(23-19(2,3)4)6-7-18(15)21-12-8-16(9-13-21)22-11-5-10-20-22/h5-7,10-11,14,16H,8-9,12-13H2,1-4H3. The Hall–Kier alpha value is -1.97. The van der Waals surface area contributed by atoms with E-state index in [0.29, 0.717) is 6.04 Å². The Bertz CT molecular complexity index is 635. The second-order valence-electron chi connectivity index (χ2n) is 7.37. The topological polar surface area (TPSA) is 30.3 Å². The molecule has 4 heteroatoms. The van der Waals surface area contributed by atoms with Crippen LogP contribution >= 0.6 is 0 Å². The minimum atomic E-state index is -0.157. The van der Waals surface area contributed by atoms with Gasteiger partial charge in [-0.15, -0.1) is 0 Å². The maximum absolute atomic E-state index is 5.96. The fourth-order valence-electron chi connectivity index (χ4n) is 3.27. The van der Waals surface area contributed by atoms with Gasteiger partial charge >= 0.3 is 0 Å². The quantitative estimate of drug-likeness (QED) is 0.850. The summed E-state index contributed by atoms with van der Waals surface area (Å²) in [4.78, 5) is 2.48. The van der Waals surface area contributed by atoms with Gasteiger partial charge in [-0.1, -0.05) is 0 Å². The van der Waals surface area contributed by atoms with Crippen LogP contribution in [0.15, 0.2) is 36.7 Å². The van der Waals surface area contributed by atoms with Crippen molar-refractivity contribution in [1.29, 1.82) is 0 Å². The minimum absolute atomic E-state index is 0.157. The van der Waals surface area contributed by atoms with Crippen LogP contribution in [0.25, 0.3) is 0 Å². The third-order valence-corrected chi connectivity index (χ3v) is 4.30. The summed E-state index contributed by atoms with van der Waals surface area (Å²) < 4.78 is 8.06. The predicted octanol–water partition coefficient (Wildman–Crippen LogP) is 4.21. The normalized spacial score (nSPS) is 16.6. The van der Waals surface area contributed by atoms with E-state index < -0.39 is 0 Å². The van der Waals surface area contributed by atoms with Crippen molar-refractivity contribution < 1.29 is 4.74 Å². The summed E-state index contributed by atoms with van der Waals surface area (Å²) in [5, 5.41) is 4.38. The first kappa shape index (κ1) is 15.9.